The highest BCUT2D eigenvalue weighted by Crippen LogP contribution is 2.66. The average Bonchev–Trinajstić information content (AvgIpc) is 3.55. The lowest BCUT2D eigenvalue weighted by Gasteiger charge is -2.21. The Kier molecular flexibility index (Phi) is 12.2. The van der Waals surface area contributed by atoms with E-state index in [9.17, 15) is 28.3 Å². The molecule has 0 spiro atoms. The molecule has 1 aliphatic rings. The fraction of sp³-hybridized carbons (Fsp3) is 0.500. The van der Waals surface area contributed by atoms with Crippen molar-refractivity contribution in [2.24, 2.45) is 0 Å². The van der Waals surface area contributed by atoms with E-state index in [0.717, 1.165) is 5.56 Å². The molecule has 2 aromatic heterocycles. The first-order valence-corrected chi connectivity index (χ1v) is 18.8. The molecule has 5 atom stereocenters. The summed E-state index contributed by atoms with van der Waals surface area (Å²) in [6.45, 7) is -0.642. The lowest BCUT2D eigenvalue weighted by Crippen LogP contribution is -2.29. The molecule has 3 aromatic rings. The Bertz CT molecular complexity index is 1740. The van der Waals surface area contributed by atoms with Crippen molar-refractivity contribution in [2.45, 2.75) is 37.0 Å². The Hall–Kier alpha value is -2.55. The molecule has 2 unspecified atom stereocenters. The minimum Gasteiger partial charge on any atom is -0.496 e. The molecule has 0 saturated carbocycles. The minimum atomic E-state index is -5.73. The molecule has 0 amide bonds. The number of imidazole rings is 1. The van der Waals surface area contributed by atoms with Crippen molar-refractivity contribution in [3.05, 3.63) is 34.4 Å². The van der Waals surface area contributed by atoms with E-state index < -0.39 is 53.9 Å². The van der Waals surface area contributed by atoms with Crippen LogP contribution in [0.25, 0.3) is 11.2 Å². The summed E-state index contributed by atoms with van der Waals surface area (Å²) in [6.07, 6.45) is -0.946. The summed E-state index contributed by atoms with van der Waals surface area (Å²) in [7, 11) is -12.2. The number of nitrogens with one attached hydrogen (secondary N) is 1. The zero-order valence-electron chi connectivity index (χ0n) is 24.9. The molecular weight excluding hydrogens is 715 g/mol. The molecule has 47 heavy (non-hydrogen) atoms. The maximum atomic E-state index is 12.4. The van der Waals surface area contributed by atoms with Gasteiger partial charge in [0, 0.05) is 29.9 Å². The van der Waals surface area contributed by atoms with Crippen molar-refractivity contribution >= 4 is 52.3 Å². The number of phosphoric acid groups is 3. The third-order valence-corrected chi connectivity index (χ3v) is 11.0. The van der Waals surface area contributed by atoms with Crippen LogP contribution < -0.4 is 25.5 Å². The predicted molar refractivity (Wildman–Crippen MR) is 163 cm³/mol. The number of fused-ring (bicyclic) bond motifs is 1. The number of phosphoric ester groups is 1. The molecule has 0 aliphatic carbocycles. The van der Waals surface area contributed by atoms with Gasteiger partial charge in [0.2, 0.25) is 5.95 Å². The summed E-state index contributed by atoms with van der Waals surface area (Å²) in [5.74, 6) is 1.90. The number of ether oxygens (including phenoxy) is 5. The van der Waals surface area contributed by atoms with Crippen molar-refractivity contribution in [1.29, 1.82) is 0 Å². The zero-order valence-corrected chi connectivity index (χ0v) is 28.4. The van der Waals surface area contributed by atoms with Crippen LogP contribution in [-0.2, 0) is 48.6 Å². The minimum absolute atomic E-state index is 0.0370. The number of aromatic nitrogens is 4. The summed E-state index contributed by atoms with van der Waals surface area (Å²) < 4.78 is 77.1. The van der Waals surface area contributed by atoms with Gasteiger partial charge in [0.25, 0.3) is 5.56 Å². The van der Waals surface area contributed by atoms with Crippen molar-refractivity contribution < 1.29 is 70.1 Å². The predicted octanol–water partition coefficient (Wildman–Crippen LogP) is 1.50. The van der Waals surface area contributed by atoms with E-state index >= 15 is 0 Å². The molecule has 1 saturated heterocycles. The third kappa shape index (κ3) is 10.2. The molecule has 0 radical (unpaired) electrons. The summed E-state index contributed by atoms with van der Waals surface area (Å²) in [4.78, 5) is 59.6. The van der Waals surface area contributed by atoms with Gasteiger partial charge in [-0.25, -0.2) is 18.7 Å². The number of thioether (sulfide) groups is 1. The van der Waals surface area contributed by atoms with Gasteiger partial charge in [0.15, 0.2) is 11.2 Å². The highest BCUT2D eigenvalue weighted by atomic mass is 32.2. The first kappa shape index (κ1) is 37.3. The van der Waals surface area contributed by atoms with Crippen LogP contribution in [0, 0.1) is 0 Å². The van der Waals surface area contributed by atoms with E-state index in [-0.39, 0.29) is 36.0 Å². The normalized spacial score (nSPS) is 21.0. The number of methoxy groups -OCH3 is 3. The van der Waals surface area contributed by atoms with Gasteiger partial charge in [-0.05, 0) is 0 Å². The number of nitrogens with zero attached hydrogens (tertiary/aromatic N) is 3. The van der Waals surface area contributed by atoms with Crippen molar-refractivity contribution in [3.8, 4) is 17.2 Å². The van der Waals surface area contributed by atoms with Crippen LogP contribution in [0.15, 0.2) is 23.3 Å². The topological polar surface area (TPSA) is 296 Å². The standard InChI is InChI=1S/C22H32N5O16P3S/c1-36-12-4-15(37-2)14(16(5-12)38-3)9-47-11-39-17-6-13(7-27-10-24-19-20(27)25-22(23)26-21(19)28)41-18(17)8-40-45(32,33)43-46(34,35)42-44(29,30)31/h4-5,10,13,17-18H,6-9,11H2,1-3H3,(H,32,33)(H,34,35)(H2,29,30,31)(H3,23,25,26,28)/t13-,17+,18-/m1/s1. The number of rotatable bonds is 17. The number of anilines is 1. The van der Waals surface area contributed by atoms with E-state index in [1.807, 2.05) is 0 Å². The largest absolute Gasteiger partial charge is 0.496 e. The number of nitrogen functional groups attached to an aromatic ring is 1. The van der Waals surface area contributed by atoms with Crippen LogP contribution in [0.1, 0.15) is 12.0 Å². The molecule has 3 heterocycles. The Labute approximate surface area is 270 Å². The van der Waals surface area contributed by atoms with Crippen molar-refractivity contribution in [2.75, 3.05) is 39.6 Å². The lowest BCUT2D eigenvalue weighted by atomic mass is 10.1. The van der Waals surface area contributed by atoms with Crippen molar-refractivity contribution in [1.82, 2.24) is 19.5 Å². The monoisotopic (exact) mass is 747 g/mol. The quantitative estimate of drug-likeness (QED) is 0.0647. The van der Waals surface area contributed by atoms with Gasteiger partial charge in [-0.3, -0.25) is 14.3 Å². The molecule has 25 heteroatoms. The molecular formula is C22H32N5O16P3S. The number of hydrogen-bond donors (Lipinski definition) is 6. The highest BCUT2D eigenvalue weighted by Gasteiger charge is 2.43. The summed E-state index contributed by atoms with van der Waals surface area (Å²) >= 11 is 1.33. The molecule has 1 fully saturated rings. The average molecular weight is 748 g/mol. The van der Waals surface area contributed by atoms with Crippen LogP contribution in [0.3, 0.4) is 0 Å². The summed E-state index contributed by atoms with van der Waals surface area (Å²) in [5.41, 5.74) is 6.07. The molecule has 262 valence electrons. The third-order valence-electron chi connectivity index (χ3n) is 6.42. The Morgan fingerprint density at radius 2 is 1.74 bits per heavy atom. The van der Waals surface area contributed by atoms with E-state index in [4.69, 9.17) is 43.7 Å². The first-order chi connectivity index (χ1) is 22.0. The SMILES string of the molecule is COc1cc(OC)c(CSCO[C@H]2C[C@H](Cn3cnc4c(=O)[nH]c(N)nc43)O[C@@H]2COP(=O)(O)OP(=O)(O)OP(=O)(O)O)c(OC)c1. The van der Waals surface area contributed by atoms with Crippen LogP contribution in [0.5, 0.6) is 17.2 Å². The molecule has 21 nitrogen and oxygen atoms in total. The van der Waals surface area contributed by atoms with E-state index in [1.165, 1.54) is 44.0 Å². The number of benzene rings is 1. The zero-order chi connectivity index (χ0) is 34.6. The Balaban J connectivity index is 1.46. The number of hydrogen-bond acceptors (Lipinski definition) is 16. The Morgan fingerprint density at radius 1 is 1.06 bits per heavy atom. The second kappa shape index (κ2) is 15.3. The van der Waals surface area contributed by atoms with E-state index in [0.29, 0.717) is 23.0 Å². The molecule has 1 aromatic carbocycles. The fourth-order valence-corrected chi connectivity index (χ4v) is 8.41. The molecule has 4 rings (SSSR count). The molecule has 1 aliphatic heterocycles. The van der Waals surface area contributed by atoms with E-state index in [1.54, 1.807) is 12.1 Å². The highest BCUT2D eigenvalue weighted by molar-refractivity contribution is 7.98. The summed E-state index contributed by atoms with van der Waals surface area (Å²) in [5, 5.41) is 0. The number of H-pyrrole nitrogens is 1. The maximum absolute atomic E-state index is 12.4. The number of nitrogens with two attached hydrogens (primary N) is 1. The Morgan fingerprint density at radius 3 is 2.36 bits per heavy atom. The maximum Gasteiger partial charge on any atom is 0.490 e. The number of aromatic amines is 1. The lowest BCUT2D eigenvalue weighted by molar-refractivity contribution is -0.0387. The first-order valence-electron chi connectivity index (χ1n) is 13.2. The second-order valence-electron chi connectivity index (χ2n) is 9.62. The second-order valence-corrected chi connectivity index (χ2v) is 15.0. The van der Waals surface area contributed by atoms with Gasteiger partial charge in [0.1, 0.15) is 23.4 Å². The van der Waals surface area contributed by atoms with Gasteiger partial charge in [0.05, 0.1) is 59.0 Å². The van der Waals surface area contributed by atoms with Gasteiger partial charge in [-0.2, -0.15) is 13.6 Å². The van der Waals surface area contributed by atoms with Crippen LogP contribution >= 0.6 is 35.2 Å². The summed E-state index contributed by atoms with van der Waals surface area (Å²) in [6, 6.07) is 3.40. The molecule has 0 bridgehead atoms. The van der Waals surface area contributed by atoms with Crippen molar-refractivity contribution in [3.63, 3.8) is 0 Å². The fourth-order valence-electron chi connectivity index (χ4n) is 4.53. The van der Waals surface area contributed by atoms with Crippen LogP contribution in [-0.4, -0.2) is 91.3 Å². The molecule has 7 N–H and O–H groups in total. The van der Waals surface area contributed by atoms with Gasteiger partial charge < -0.3 is 53.6 Å². The van der Waals surface area contributed by atoms with Crippen LogP contribution in [0.2, 0.25) is 0 Å². The van der Waals surface area contributed by atoms with Crippen LogP contribution in [0.4, 0.5) is 5.95 Å². The van der Waals surface area contributed by atoms with Gasteiger partial charge in [-0.1, -0.05) is 0 Å². The smallest absolute Gasteiger partial charge is 0.490 e. The van der Waals surface area contributed by atoms with Gasteiger partial charge in [-0.15, -0.1) is 11.8 Å². The van der Waals surface area contributed by atoms with E-state index in [2.05, 4.69) is 23.6 Å². The van der Waals surface area contributed by atoms with Gasteiger partial charge >= 0.3 is 23.5 Å².